The van der Waals surface area contributed by atoms with Gasteiger partial charge in [0.15, 0.2) is 11.5 Å². The summed E-state index contributed by atoms with van der Waals surface area (Å²) in [6.45, 7) is 0. The van der Waals surface area contributed by atoms with E-state index in [0.717, 1.165) is 0 Å². The van der Waals surface area contributed by atoms with E-state index >= 15 is 0 Å². The number of halogens is 2. The number of primary amides is 1. The van der Waals surface area contributed by atoms with Crippen molar-refractivity contribution in [1.82, 2.24) is 9.97 Å². The predicted octanol–water partition coefficient (Wildman–Crippen LogP) is 0.714. The fourth-order valence-corrected chi connectivity index (χ4v) is 1.51. The van der Waals surface area contributed by atoms with Crippen LogP contribution in [0.2, 0.25) is 10.3 Å². The van der Waals surface area contributed by atoms with Crippen molar-refractivity contribution in [2.45, 2.75) is 18.6 Å². The van der Waals surface area contributed by atoms with Gasteiger partial charge in [-0.3, -0.25) is 4.79 Å². The van der Waals surface area contributed by atoms with Gasteiger partial charge in [-0.1, -0.05) is 11.6 Å². The normalized spacial score (nSPS) is 15.9. The second kappa shape index (κ2) is 4.58. The molecule has 0 radical (unpaired) electrons. The third-order valence-electron chi connectivity index (χ3n) is 2.25. The lowest BCUT2D eigenvalue weighted by atomic mass is 10.5. The summed E-state index contributed by atoms with van der Waals surface area (Å²) in [5.74, 6) is -2.04. The molecule has 1 amide bonds. The van der Waals surface area contributed by atoms with Crippen molar-refractivity contribution < 1.29 is 14.3 Å². The van der Waals surface area contributed by atoms with Crippen LogP contribution in [0.25, 0.3) is 0 Å². The molecule has 1 heterocycles. The van der Waals surface area contributed by atoms with Crippen LogP contribution < -0.4 is 11.1 Å². The van der Waals surface area contributed by atoms with Crippen LogP contribution in [0.3, 0.4) is 0 Å². The molecule has 1 fully saturated rings. The van der Waals surface area contributed by atoms with Gasteiger partial charge in [0.05, 0.1) is 6.20 Å². The van der Waals surface area contributed by atoms with E-state index in [4.69, 9.17) is 33.7 Å². The van der Waals surface area contributed by atoms with Crippen molar-refractivity contribution in [1.29, 1.82) is 0 Å². The van der Waals surface area contributed by atoms with Crippen molar-refractivity contribution in [2.24, 2.45) is 5.73 Å². The maximum atomic E-state index is 11.1. The van der Waals surface area contributed by atoms with Gasteiger partial charge in [0.25, 0.3) is 0 Å². The van der Waals surface area contributed by atoms with Gasteiger partial charge in [-0.25, -0.2) is 9.78 Å². The lowest BCUT2D eigenvalue weighted by Gasteiger charge is -2.18. The first-order valence-corrected chi connectivity index (χ1v) is 5.66. The number of hydrogen-bond donors (Lipinski definition) is 2. The molecule has 96 valence electrons. The minimum absolute atomic E-state index is 0.000993. The highest BCUT2D eigenvalue weighted by atomic mass is 35.5. The molecular formula is C9H8Cl2N4O3. The summed E-state index contributed by atoms with van der Waals surface area (Å²) in [5.41, 5.74) is 3.81. The molecule has 9 heteroatoms. The highest BCUT2D eigenvalue weighted by molar-refractivity contribution is 6.33. The number of carbonyl (C=O) groups is 2. The molecule has 0 unspecified atom stereocenters. The molecule has 0 atom stereocenters. The number of nitrogens with one attached hydrogen (secondary N) is 1. The molecule has 3 N–H and O–H groups in total. The number of aromatic nitrogens is 2. The summed E-state index contributed by atoms with van der Waals surface area (Å²) in [7, 11) is 0. The van der Waals surface area contributed by atoms with E-state index in [-0.39, 0.29) is 16.1 Å². The van der Waals surface area contributed by atoms with Gasteiger partial charge in [-0.05, 0) is 11.6 Å². The van der Waals surface area contributed by atoms with Crippen LogP contribution in [0.15, 0.2) is 6.20 Å². The van der Waals surface area contributed by atoms with Crippen LogP contribution in [0.4, 0.5) is 5.82 Å². The summed E-state index contributed by atoms with van der Waals surface area (Å²) in [6.07, 6.45) is 2.35. The maximum absolute atomic E-state index is 11.1. The number of rotatable bonds is 3. The average Bonchev–Trinajstić information content (AvgIpc) is 3.03. The maximum Gasteiger partial charge on any atom is 0.398 e. The Hall–Kier alpha value is -1.60. The Kier molecular flexibility index (Phi) is 3.27. The summed E-state index contributed by atoms with van der Waals surface area (Å²) in [6, 6.07) is 0. The Labute approximate surface area is 112 Å². The van der Waals surface area contributed by atoms with E-state index in [0.29, 0.717) is 12.8 Å². The van der Waals surface area contributed by atoms with Gasteiger partial charge >= 0.3 is 11.9 Å². The Balaban J connectivity index is 2.11. The lowest BCUT2D eigenvalue weighted by Crippen LogP contribution is -2.35. The predicted molar refractivity (Wildman–Crippen MR) is 62.9 cm³/mol. The van der Waals surface area contributed by atoms with Gasteiger partial charge in [0, 0.05) is 12.8 Å². The number of hydrogen-bond acceptors (Lipinski definition) is 6. The number of anilines is 1. The molecule has 2 rings (SSSR count). The average molecular weight is 291 g/mol. The van der Waals surface area contributed by atoms with E-state index in [1.807, 2.05) is 0 Å². The van der Waals surface area contributed by atoms with Gasteiger partial charge in [-0.15, -0.1) is 0 Å². The largest absolute Gasteiger partial charge is 0.432 e. The number of carbonyl (C=O) groups excluding carboxylic acids is 2. The number of esters is 1. The zero-order valence-electron chi connectivity index (χ0n) is 8.94. The zero-order valence-corrected chi connectivity index (χ0v) is 10.5. The molecule has 1 aromatic rings. The van der Waals surface area contributed by atoms with Crippen molar-refractivity contribution in [2.75, 3.05) is 5.32 Å². The van der Waals surface area contributed by atoms with E-state index in [2.05, 4.69) is 15.3 Å². The van der Waals surface area contributed by atoms with Gasteiger partial charge in [-0.2, -0.15) is 4.98 Å². The SMILES string of the molecule is NC(=O)C(=O)OC1(Nc2nc(Cl)ncc2Cl)CC1. The summed E-state index contributed by atoms with van der Waals surface area (Å²) in [4.78, 5) is 29.3. The molecule has 1 saturated carbocycles. The molecule has 18 heavy (non-hydrogen) atoms. The first kappa shape index (κ1) is 12.8. The third-order valence-corrected chi connectivity index (χ3v) is 2.71. The standard InChI is InChI=1S/C9H8Cl2N4O3/c10-4-3-13-8(11)14-6(4)15-9(1-2-9)18-7(17)5(12)16/h3H,1-2H2,(H2,12,16)(H,13,14,15). The topological polar surface area (TPSA) is 107 Å². The molecule has 7 nitrogen and oxygen atoms in total. The molecule has 0 aliphatic heterocycles. The van der Waals surface area contributed by atoms with Gasteiger partial charge < -0.3 is 15.8 Å². The number of ether oxygens (including phenoxy) is 1. The fraction of sp³-hybridized carbons (Fsp3) is 0.333. The van der Waals surface area contributed by atoms with Gasteiger partial charge in [0.2, 0.25) is 5.28 Å². The Bertz CT molecular complexity index is 519. The molecule has 0 aromatic carbocycles. The first-order chi connectivity index (χ1) is 8.42. The van der Waals surface area contributed by atoms with Crippen molar-refractivity contribution in [3.63, 3.8) is 0 Å². The van der Waals surface area contributed by atoms with E-state index in [1.165, 1.54) is 6.20 Å². The van der Waals surface area contributed by atoms with E-state index < -0.39 is 17.6 Å². The van der Waals surface area contributed by atoms with Crippen molar-refractivity contribution in [3.05, 3.63) is 16.5 Å². The molecule has 0 spiro atoms. The minimum atomic E-state index is -1.16. The smallest absolute Gasteiger partial charge is 0.398 e. The Morgan fingerprint density at radius 1 is 1.44 bits per heavy atom. The third kappa shape index (κ3) is 2.80. The lowest BCUT2D eigenvalue weighted by molar-refractivity contribution is -0.158. The fourth-order valence-electron chi connectivity index (χ4n) is 1.24. The second-order valence-corrected chi connectivity index (χ2v) is 4.45. The van der Waals surface area contributed by atoms with Crippen LogP contribution in [0, 0.1) is 0 Å². The first-order valence-electron chi connectivity index (χ1n) is 4.91. The molecular weight excluding hydrogens is 283 g/mol. The van der Waals surface area contributed by atoms with Crippen LogP contribution in [-0.2, 0) is 14.3 Å². The molecule has 1 aromatic heterocycles. The molecule has 0 bridgehead atoms. The highest BCUT2D eigenvalue weighted by Gasteiger charge is 2.48. The van der Waals surface area contributed by atoms with Gasteiger partial charge in [0.1, 0.15) is 5.02 Å². The van der Waals surface area contributed by atoms with Crippen LogP contribution in [0.5, 0.6) is 0 Å². The van der Waals surface area contributed by atoms with Crippen LogP contribution in [0.1, 0.15) is 12.8 Å². The Morgan fingerprint density at radius 3 is 2.67 bits per heavy atom. The Morgan fingerprint density at radius 2 is 2.11 bits per heavy atom. The van der Waals surface area contributed by atoms with E-state index in [9.17, 15) is 9.59 Å². The molecule has 1 aliphatic carbocycles. The summed E-state index contributed by atoms with van der Waals surface area (Å²) >= 11 is 11.5. The zero-order chi connectivity index (χ0) is 13.3. The second-order valence-electron chi connectivity index (χ2n) is 3.71. The molecule has 0 saturated heterocycles. The quantitative estimate of drug-likeness (QED) is 0.367. The molecule has 1 aliphatic rings. The summed E-state index contributed by atoms with van der Waals surface area (Å²) < 4.78 is 4.92. The van der Waals surface area contributed by atoms with E-state index in [1.54, 1.807) is 0 Å². The monoisotopic (exact) mass is 290 g/mol. The van der Waals surface area contributed by atoms with Crippen LogP contribution in [-0.4, -0.2) is 27.6 Å². The minimum Gasteiger partial charge on any atom is -0.432 e. The van der Waals surface area contributed by atoms with Crippen LogP contribution >= 0.6 is 23.2 Å². The number of nitrogens with zero attached hydrogens (tertiary/aromatic N) is 2. The van der Waals surface area contributed by atoms with Crippen molar-refractivity contribution in [3.8, 4) is 0 Å². The summed E-state index contributed by atoms with van der Waals surface area (Å²) in [5, 5.41) is 3.03. The van der Waals surface area contributed by atoms with Crippen molar-refractivity contribution >= 4 is 40.9 Å². The highest BCUT2D eigenvalue weighted by Crippen LogP contribution is 2.41. The number of amides is 1. The number of nitrogens with two attached hydrogens (primary N) is 1.